The van der Waals surface area contributed by atoms with Crippen LogP contribution in [0.3, 0.4) is 0 Å². The van der Waals surface area contributed by atoms with Gasteiger partial charge in [0, 0.05) is 35.0 Å². The molecule has 142 valence electrons. The minimum atomic E-state index is -0.907. The number of halogens is 1. The summed E-state index contributed by atoms with van der Waals surface area (Å²) in [5.74, 6) is -1.22. The second-order valence-electron chi connectivity index (χ2n) is 7.76. The molecule has 1 aromatic carbocycles. The zero-order valence-corrected chi connectivity index (χ0v) is 15.3. The van der Waals surface area contributed by atoms with Gasteiger partial charge in [0.05, 0.1) is 17.0 Å². The highest BCUT2D eigenvalue weighted by molar-refractivity contribution is 5.95. The number of aromatic amines is 1. The van der Waals surface area contributed by atoms with Crippen LogP contribution < -0.4 is 5.73 Å². The van der Waals surface area contributed by atoms with Crippen LogP contribution in [0, 0.1) is 5.82 Å². The Morgan fingerprint density at radius 2 is 2.11 bits per heavy atom. The molecule has 0 bridgehead atoms. The summed E-state index contributed by atoms with van der Waals surface area (Å²) in [5.41, 5.74) is 11.9. The number of aromatic carboxylic acids is 1. The molecule has 4 N–H and O–H groups in total. The highest BCUT2D eigenvalue weighted by Gasteiger charge is 2.48. The molecule has 0 unspecified atom stereocenters. The van der Waals surface area contributed by atoms with Crippen LogP contribution in [0.15, 0.2) is 36.5 Å². The van der Waals surface area contributed by atoms with Crippen LogP contribution in [0.4, 0.5) is 4.39 Å². The fourth-order valence-corrected chi connectivity index (χ4v) is 4.34. The molecule has 0 spiro atoms. The molecule has 1 saturated carbocycles. The van der Waals surface area contributed by atoms with E-state index in [4.69, 9.17) is 5.73 Å². The number of carboxylic acid groups (broad SMARTS) is 1. The number of rotatable bonds is 4. The molecule has 0 atom stereocenters. The molecule has 28 heavy (non-hydrogen) atoms. The minimum Gasteiger partial charge on any atom is -0.478 e. The Balaban J connectivity index is 1.69. The third kappa shape index (κ3) is 2.48. The first-order valence-corrected chi connectivity index (χ1v) is 9.46. The van der Waals surface area contributed by atoms with Gasteiger partial charge in [-0.1, -0.05) is 12.1 Å². The van der Waals surface area contributed by atoms with E-state index in [1.807, 2.05) is 18.3 Å². The van der Waals surface area contributed by atoms with Crippen molar-refractivity contribution in [2.75, 3.05) is 6.54 Å². The highest BCUT2D eigenvalue weighted by Crippen LogP contribution is 2.51. The Bertz CT molecular complexity index is 1110. The lowest BCUT2D eigenvalue weighted by atomic mass is 9.87. The average Bonchev–Trinajstić information content (AvgIpc) is 3.39. The van der Waals surface area contributed by atoms with Gasteiger partial charge in [0.15, 0.2) is 0 Å². The molecule has 5 nitrogen and oxygen atoms in total. The number of pyridine rings is 1. The minimum absolute atomic E-state index is 0.246. The van der Waals surface area contributed by atoms with Gasteiger partial charge in [0.2, 0.25) is 0 Å². The molecule has 2 aliphatic carbocycles. The number of aryl methyl sites for hydroxylation is 1. The van der Waals surface area contributed by atoms with Crippen molar-refractivity contribution in [2.24, 2.45) is 5.73 Å². The SMILES string of the molecule is NCC1(c2[nH]c3c(c2C(=O)O)CCc2cnc(-c4cccc(F)c4)cc2-3)CC1. The topological polar surface area (TPSA) is 92.0 Å². The van der Waals surface area contributed by atoms with E-state index in [1.54, 1.807) is 6.07 Å². The smallest absolute Gasteiger partial charge is 0.337 e. The average molecular weight is 377 g/mol. The first-order valence-electron chi connectivity index (χ1n) is 9.46. The number of hydrogen-bond donors (Lipinski definition) is 3. The van der Waals surface area contributed by atoms with E-state index in [2.05, 4.69) is 9.97 Å². The molecule has 0 saturated heterocycles. The van der Waals surface area contributed by atoms with Crippen molar-refractivity contribution >= 4 is 5.97 Å². The lowest BCUT2D eigenvalue weighted by molar-refractivity contribution is 0.0694. The van der Waals surface area contributed by atoms with Gasteiger partial charge < -0.3 is 15.8 Å². The maximum Gasteiger partial charge on any atom is 0.337 e. The predicted octanol–water partition coefficient (Wildman–Crippen LogP) is 3.67. The second kappa shape index (κ2) is 6.01. The number of nitrogens with one attached hydrogen (secondary N) is 1. The van der Waals surface area contributed by atoms with E-state index >= 15 is 0 Å². The molecule has 0 amide bonds. The van der Waals surface area contributed by atoms with Crippen LogP contribution in [-0.4, -0.2) is 27.6 Å². The number of aromatic nitrogens is 2. The Morgan fingerprint density at radius 1 is 1.29 bits per heavy atom. The molecule has 5 rings (SSSR count). The summed E-state index contributed by atoms with van der Waals surface area (Å²) in [6, 6.07) is 8.26. The van der Waals surface area contributed by atoms with Crippen LogP contribution in [0.1, 0.15) is 40.0 Å². The number of fused-ring (bicyclic) bond motifs is 3. The number of nitrogens with zero attached hydrogens (tertiary/aromatic N) is 1. The summed E-state index contributed by atoms with van der Waals surface area (Å²) >= 11 is 0. The first kappa shape index (κ1) is 17.1. The van der Waals surface area contributed by atoms with Gasteiger partial charge in [0.25, 0.3) is 0 Å². The van der Waals surface area contributed by atoms with E-state index < -0.39 is 5.97 Å². The Labute approximate surface area is 161 Å². The van der Waals surface area contributed by atoms with Gasteiger partial charge in [-0.25, -0.2) is 9.18 Å². The number of hydrogen-bond acceptors (Lipinski definition) is 3. The summed E-state index contributed by atoms with van der Waals surface area (Å²) in [4.78, 5) is 20.0. The number of carboxylic acids is 1. The van der Waals surface area contributed by atoms with Crippen molar-refractivity contribution in [1.29, 1.82) is 0 Å². The molecule has 2 heterocycles. The molecular weight excluding hydrogens is 357 g/mol. The van der Waals surface area contributed by atoms with Crippen LogP contribution >= 0.6 is 0 Å². The Kier molecular flexibility index (Phi) is 3.67. The monoisotopic (exact) mass is 377 g/mol. The maximum absolute atomic E-state index is 13.6. The van der Waals surface area contributed by atoms with Crippen molar-refractivity contribution in [2.45, 2.75) is 31.1 Å². The zero-order valence-electron chi connectivity index (χ0n) is 15.3. The highest BCUT2D eigenvalue weighted by atomic mass is 19.1. The quantitative estimate of drug-likeness (QED) is 0.647. The maximum atomic E-state index is 13.6. The first-order chi connectivity index (χ1) is 13.5. The number of nitrogens with two attached hydrogens (primary N) is 1. The largest absolute Gasteiger partial charge is 0.478 e. The number of benzene rings is 1. The third-order valence-electron chi connectivity index (χ3n) is 6.11. The van der Waals surface area contributed by atoms with E-state index in [9.17, 15) is 14.3 Å². The van der Waals surface area contributed by atoms with Crippen LogP contribution in [0.2, 0.25) is 0 Å². The number of H-pyrrole nitrogens is 1. The second-order valence-corrected chi connectivity index (χ2v) is 7.76. The Hall–Kier alpha value is -2.99. The number of carbonyl (C=O) groups is 1. The molecule has 2 aromatic heterocycles. The van der Waals surface area contributed by atoms with E-state index in [-0.39, 0.29) is 11.2 Å². The van der Waals surface area contributed by atoms with Crippen molar-refractivity contribution in [1.82, 2.24) is 9.97 Å². The van der Waals surface area contributed by atoms with Gasteiger partial charge in [-0.05, 0) is 55.0 Å². The van der Waals surface area contributed by atoms with Gasteiger partial charge in [0.1, 0.15) is 5.82 Å². The van der Waals surface area contributed by atoms with Crippen molar-refractivity contribution in [3.8, 4) is 22.5 Å². The van der Waals surface area contributed by atoms with Crippen LogP contribution in [0.25, 0.3) is 22.5 Å². The lowest BCUT2D eigenvalue weighted by Crippen LogP contribution is -2.23. The predicted molar refractivity (Wildman–Crippen MR) is 104 cm³/mol. The summed E-state index contributed by atoms with van der Waals surface area (Å²) in [7, 11) is 0. The third-order valence-corrected chi connectivity index (χ3v) is 6.11. The van der Waals surface area contributed by atoms with E-state index in [0.717, 1.165) is 47.3 Å². The summed E-state index contributed by atoms with van der Waals surface area (Å²) in [6.45, 7) is 0.435. The molecule has 3 aromatic rings. The van der Waals surface area contributed by atoms with Gasteiger partial charge >= 0.3 is 5.97 Å². The van der Waals surface area contributed by atoms with Crippen LogP contribution in [0.5, 0.6) is 0 Å². The van der Waals surface area contributed by atoms with Gasteiger partial charge in [-0.2, -0.15) is 0 Å². The summed E-state index contributed by atoms with van der Waals surface area (Å²) < 4.78 is 13.6. The zero-order chi connectivity index (χ0) is 19.5. The molecule has 2 aliphatic rings. The standard InChI is InChI=1S/C22H20FN3O2/c23-14-3-1-2-12(8-14)17-9-16-13(10-25-17)4-5-15-18(21(27)28)20(26-19(15)16)22(11-24)6-7-22/h1-3,8-10,26H,4-7,11,24H2,(H,27,28). The molecule has 1 fully saturated rings. The van der Waals surface area contributed by atoms with Gasteiger partial charge in [-0.15, -0.1) is 0 Å². The molecular formula is C22H20FN3O2. The normalized spacial score (nSPS) is 16.4. The fraction of sp³-hybridized carbons (Fsp3) is 0.273. The molecule has 6 heteroatoms. The van der Waals surface area contributed by atoms with Crippen molar-refractivity contribution < 1.29 is 14.3 Å². The van der Waals surface area contributed by atoms with Gasteiger partial charge in [-0.3, -0.25) is 4.98 Å². The molecule has 0 radical (unpaired) electrons. The van der Waals surface area contributed by atoms with E-state index in [1.165, 1.54) is 12.1 Å². The molecule has 0 aliphatic heterocycles. The van der Waals surface area contributed by atoms with E-state index in [0.29, 0.717) is 29.8 Å². The van der Waals surface area contributed by atoms with Crippen molar-refractivity contribution in [3.63, 3.8) is 0 Å². The summed E-state index contributed by atoms with van der Waals surface area (Å²) in [5, 5.41) is 9.89. The Morgan fingerprint density at radius 3 is 2.79 bits per heavy atom. The fourth-order valence-electron chi connectivity index (χ4n) is 4.34. The lowest BCUT2D eigenvalue weighted by Gasteiger charge is -2.17. The van der Waals surface area contributed by atoms with Crippen molar-refractivity contribution in [3.05, 3.63) is 64.7 Å². The van der Waals surface area contributed by atoms with Crippen LogP contribution in [-0.2, 0) is 18.3 Å². The summed E-state index contributed by atoms with van der Waals surface area (Å²) in [6.07, 6.45) is 5.01.